The third kappa shape index (κ3) is 3.83. The summed E-state index contributed by atoms with van der Waals surface area (Å²) in [4.78, 5) is 15.0. The molecule has 0 unspecified atom stereocenters. The lowest BCUT2D eigenvalue weighted by Crippen LogP contribution is -2.71. The summed E-state index contributed by atoms with van der Waals surface area (Å²) in [6.45, 7) is 8.24. The largest absolute Gasteiger partial charge is 0.376 e. The fraction of sp³-hybridized carbons (Fsp3) is 0.600. The molecule has 0 saturated carbocycles. The lowest BCUT2D eigenvalue weighted by atomic mass is 9.75. The molecule has 0 N–H and O–H groups in total. The monoisotopic (exact) mass is 372 g/mol. The molecule has 5 nitrogen and oxygen atoms in total. The summed E-state index contributed by atoms with van der Waals surface area (Å²) in [5, 5.41) is 0. The molecule has 2 aliphatic heterocycles. The van der Waals surface area contributed by atoms with Crippen molar-refractivity contribution in [2.45, 2.75) is 38.5 Å². The highest BCUT2D eigenvalue weighted by molar-refractivity contribution is 7.09. The molecule has 4 rings (SSSR count). The highest BCUT2D eigenvalue weighted by Crippen LogP contribution is 2.39. The molecule has 2 aromatic heterocycles. The van der Waals surface area contributed by atoms with E-state index in [2.05, 4.69) is 33.7 Å². The normalized spacial score (nSPS) is 23.2. The first-order chi connectivity index (χ1) is 12.6. The van der Waals surface area contributed by atoms with Crippen molar-refractivity contribution in [2.75, 3.05) is 33.3 Å². The predicted molar refractivity (Wildman–Crippen MR) is 104 cm³/mol. The van der Waals surface area contributed by atoms with Crippen LogP contribution in [0.5, 0.6) is 0 Å². The Bertz CT molecular complexity index is 714. The Balaban J connectivity index is 1.27. The Labute approximate surface area is 160 Å². The van der Waals surface area contributed by atoms with Crippen LogP contribution in [0.2, 0.25) is 0 Å². The molecule has 4 heterocycles. The highest BCUT2D eigenvalue weighted by Gasteiger charge is 2.49. The molecule has 0 aromatic carbocycles. The third-order valence-electron chi connectivity index (χ3n) is 5.97. The van der Waals surface area contributed by atoms with Crippen molar-refractivity contribution in [1.29, 1.82) is 0 Å². The van der Waals surface area contributed by atoms with E-state index in [1.54, 1.807) is 11.3 Å². The first-order valence-electron chi connectivity index (χ1n) is 9.44. The standard InChI is InChI=1S/C20H28N4OS/c1-16-19(26-15-22-16)10-24-13-20(14-24)9-18(5-8-23(20)2)12-25-11-17-3-6-21-7-4-17/h3-4,6-7,15,18H,5,8-14H2,1-2H3/t18-/m1/s1. The number of likely N-dealkylation sites (N-methyl/N-ethyl adjacent to an activating group) is 1. The van der Waals surface area contributed by atoms with Gasteiger partial charge in [0.1, 0.15) is 0 Å². The Morgan fingerprint density at radius 1 is 1.31 bits per heavy atom. The first kappa shape index (κ1) is 18.0. The van der Waals surface area contributed by atoms with E-state index in [1.165, 1.54) is 48.6 Å². The minimum atomic E-state index is 0.349. The number of likely N-dealkylation sites (tertiary alicyclic amines) is 2. The molecule has 0 bridgehead atoms. The van der Waals surface area contributed by atoms with Crippen LogP contribution in [0.3, 0.4) is 0 Å². The maximum absolute atomic E-state index is 6.02. The van der Waals surface area contributed by atoms with Crippen LogP contribution in [-0.2, 0) is 17.9 Å². The quantitative estimate of drug-likeness (QED) is 0.780. The van der Waals surface area contributed by atoms with Crippen LogP contribution in [-0.4, -0.2) is 58.6 Å². The van der Waals surface area contributed by atoms with Crippen LogP contribution in [0.15, 0.2) is 30.0 Å². The Hall–Kier alpha value is -1.34. The van der Waals surface area contributed by atoms with E-state index < -0.39 is 0 Å². The van der Waals surface area contributed by atoms with Gasteiger partial charge in [-0.15, -0.1) is 11.3 Å². The molecule has 6 heteroatoms. The molecular formula is C20H28N4OS. The van der Waals surface area contributed by atoms with Gasteiger partial charge in [-0.05, 0) is 57.0 Å². The minimum Gasteiger partial charge on any atom is -0.376 e. The van der Waals surface area contributed by atoms with Gasteiger partial charge in [0.05, 0.1) is 17.8 Å². The van der Waals surface area contributed by atoms with Crippen molar-refractivity contribution in [2.24, 2.45) is 5.92 Å². The van der Waals surface area contributed by atoms with Gasteiger partial charge in [0.25, 0.3) is 0 Å². The summed E-state index contributed by atoms with van der Waals surface area (Å²) < 4.78 is 6.02. The van der Waals surface area contributed by atoms with Crippen molar-refractivity contribution < 1.29 is 4.74 Å². The van der Waals surface area contributed by atoms with Gasteiger partial charge in [-0.25, -0.2) is 4.98 Å². The van der Waals surface area contributed by atoms with Gasteiger partial charge in [-0.3, -0.25) is 14.8 Å². The molecule has 2 aromatic rings. The second-order valence-electron chi connectivity index (χ2n) is 7.88. The van der Waals surface area contributed by atoms with Crippen LogP contribution in [0, 0.1) is 12.8 Å². The van der Waals surface area contributed by atoms with Gasteiger partial charge in [-0.1, -0.05) is 0 Å². The van der Waals surface area contributed by atoms with Gasteiger partial charge < -0.3 is 4.74 Å². The van der Waals surface area contributed by atoms with Gasteiger partial charge in [0.15, 0.2) is 0 Å². The van der Waals surface area contributed by atoms with E-state index in [-0.39, 0.29) is 0 Å². The highest BCUT2D eigenvalue weighted by atomic mass is 32.1. The molecule has 0 aliphatic carbocycles. The van der Waals surface area contributed by atoms with E-state index in [0.717, 1.165) is 13.2 Å². The summed E-state index contributed by atoms with van der Waals surface area (Å²) in [6.07, 6.45) is 6.15. The Morgan fingerprint density at radius 3 is 2.85 bits per heavy atom. The van der Waals surface area contributed by atoms with Crippen molar-refractivity contribution in [3.63, 3.8) is 0 Å². The molecule has 2 saturated heterocycles. The SMILES string of the molecule is Cc1ncsc1CN1CC2(C[C@H](COCc3ccncc3)CCN2C)C1. The topological polar surface area (TPSA) is 41.5 Å². The van der Waals surface area contributed by atoms with Gasteiger partial charge in [0.2, 0.25) is 0 Å². The van der Waals surface area contributed by atoms with Crippen molar-refractivity contribution in [3.05, 3.63) is 46.2 Å². The van der Waals surface area contributed by atoms with Crippen molar-refractivity contribution >= 4 is 11.3 Å². The number of thiazole rings is 1. The smallest absolute Gasteiger partial charge is 0.0798 e. The fourth-order valence-corrected chi connectivity index (χ4v) is 5.14. The molecular weight excluding hydrogens is 344 g/mol. The first-order valence-corrected chi connectivity index (χ1v) is 10.3. The van der Waals surface area contributed by atoms with E-state index in [9.17, 15) is 0 Å². The minimum absolute atomic E-state index is 0.349. The number of aryl methyl sites for hydroxylation is 1. The zero-order valence-electron chi connectivity index (χ0n) is 15.7. The van der Waals surface area contributed by atoms with Gasteiger partial charge in [0, 0.05) is 49.1 Å². The number of hydrogen-bond donors (Lipinski definition) is 0. The van der Waals surface area contributed by atoms with E-state index >= 15 is 0 Å². The fourth-order valence-electron chi connectivity index (χ4n) is 4.32. The molecule has 2 fully saturated rings. The summed E-state index contributed by atoms with van der Waals surface area (Å²) in [5.41, 5.74) is 4.71. The number of piperidine rings is 1. The number of aromatic nitrogens is 2. The van der Waals surface area contributed by atoms with Crippen LogP contribution in [0.4, 0.5) is 0 Å². The van der Waals surface area contributed by atoms with Crippen LogP contribution < -0.4 is 0 Å². The number of rotatable bonds is 6. The third-order valence-corrected chi connectivity index (χ3v) is 6.89. The predicted octanol–water partition coefficient (Wildman–Crippen LogP) is 2.96. The zero-order chi connectivity index (χ0) is 18.0. The van der Waals surface area contributed by atoms with Crippen molar-refractivity contribution in [3.8, 4) is 0 Å². The van der Waals surface area contributed by atoms with Crippen LogP contribution in [0.25, 0.3) is 0 Å². The molecule has 2 aliphatic rings. The maximum Gasteiger partial charge on any atom is 0.0798 e. The number of nitrogens with zero attached hydrogens (tertiary/aromatic N) is 4. The van der Waals surface area contributed by atoms with E-state index in [0.29, 0.717) is 18.1 Å². The molecule has 1 spiro atoms. The Kier molecular flexibility index (Phi) is 5.36. The summed E-state index contributed by atoms with van der Waals surface area (Å²) in [7, 11) is 2.29. The molecule has 26 heavy (non-hydrogen) atoms. The summed E-state index contributed by atoms with van der Waals surface area (Å²) in [6, 6.07) is 4.06. The van der Waals surface area contributed by atoms with Crippen molar-refractivity contribution in [1.82, 2.24) is 19.8 Å². The molecule has 0 radical (unpaired) electrons. The number of hydrogen-bond acceptors (Lipinski definition) is 6. The zero-order valence-corrected chi connectivity index (χ0v) is 16.5. The van der Waals surface area contributed by atoms with Crippen LogP contribution in [0.1, 0.15) is 29.0 Å². The summed E-state index contributed by atoms with van der Waals surface area (Å²) >= 11 is 1.78. The molecule has 1 atom stereocenters. The lowest BCUT2D eigenvalue weighted by molar-refractivity contribution is -0.0933. The van der Waals surface area contributed by atoms with Gasteiger partial charge in [-0.2, -0.15) is 0 Å². The summed E-state index contributed by atoms with van der Waals surface area (Å²) in [5.74, 6) is 0.667. The average Bonchev–Trinajstić information content (AvgIpc) is 3.02. The van der Waals surface area contributed by atoms with E-state index in [4.69, 9.17) is 4.74 Å². The van der Waals surface area contributed by atoms with Crippen LogP contribution >= 0.6 is 11.3 Å². The maximum atomic E-state index is 6.02. The average molecular weight is 373 g/mol. The second-order valence-corrected chi connectivity index (χ2v) is 8.82. The molecule has 0 amide bonds. The number of ether oxygens (including phenoxy) is 1. The second kappa shape index (κ2) is 7.72. The molecule has 140 valence electrons. The number of pyridine rings is 1. The van der Waals surface area contributed by atoms with Gasteiger partial charge >= 0.3 is 0 Å². The Morgan fingerprint density at radius 2 is 2.12 bits per heavy atom. The van der Waals surface area contributed by atoms with E-state index in [1.807, 2.05) is 30.0 Å². The lowest BCUT2D eigenvalue weighted by Gasteiger charge is -2.58.